The molecular formula is C23H20N2O3. The Labute approximate surface area is 163 Å². The van der Waals surface area contributed by atoms with Gasteiger partial charge in [-0.2, -0.15) is 0 Å². The average Bonchev–Trinajstić information content (AvgIpc) is 2.72. The van der Waals surface area contributed by atoms with E-state index in [0.29, 0.717) is 6.54 Å². The zero-order chi connectivity index (χ0) is 19.9. The Morgan fingerprint density at radius 2 is 1.75 bits per heavy atom. The summed E-state index contributed by atoms with van der Waals surface area (Å²) in [4.78, 5) is 28.4. The molecule has 1 N–H and O–H groups in total. The average molecular weight is 372 g/mol. The highest BCUT2D eigenvalue weighted by Gasteiger charge is 2.09. The predicted molar refractivity (Wildman–Crippen MR) is 112 cm³/mol. The van der Waals surface area contributed by atoms with Crippen LogP contribution in [-0.4, -0.2) is 28.4 Å². The molecule has 1 aromatic carbocycles. The summed E-state index contributed by atoms with van der Waals surface area (Å²) in [5, 5.41) is 8.65. The number of hydrogen-bond acceptors (Lipinski definition) is 4. The third-order valence-electron chi connectivity index (χ3n) is 4.25. The number of pyridine rings is 1. The van der Waals surface area contributed by atoms with Gasteiger partial charge in [-0.1, -0.05) is 36.4 Å². The van der Waals surface area contributed by atoms with E-state index in [2.05, 4.69) is 4.98 Å². The lowest BCUT2D eigenvalue weighted by Gasteiger charge is -2.21. The van der Waals surface area contributed by atoms with Gasteiger partial charge in [0, 0.05) is 24.4 Å². The van der Waals surface area contributed by atoms with Gasteiger partial charge in [0.2, 0.25) is 0 Å². The normalized spacial score (nSPS) is 13.9. The van der Waals surface area contributed by atoms with Gasteiger partial charge in [-0.25, -0.2) is 4.79 Å². The van der Waals surface area contributed by atoms with Crippen molar-refractivity contribution in [1.82, 2.24) is 4.98 Å². The summed E-state index contributed by atoms with van der Waals surface area (Å²) in [6, 6.07) is 11.5. The van der Waals surface area contributed by atoms with Crippen molar-refractivity contribution in [3.8, 4) is 0 Å². The van der Waals surface area contributed by atoms with Crippen LogP contribution < -0.4 is 4.90 Å². The number of benzene rings is 1. The quantitative estimate of drug-likeness (QED) is 0.770. The van der Waals surface area contributed by atoms with Crippen molar-refractivity contribution in [1.29, 1.82) is 0 Å². The van der Waals surface area contributed by atoms with E-state index in [1.807, 2.05) is 71.8 Å². The van der Waals surface area contributed by atoms with Crippen molar-refractivity contribution >= 4 is 35.7 Å². The highest BCUT2D eigenvalue weighted by Crippen LogP contribution is 2.19. The molecule has 0 atom stereocenters. The fraction of sp³-hybridized carbons (Fsp3) is 0.0870. The minimum atomic E-state index is -0.964. The van der Waals surface area contributed by atoms with Crippen LogP contribution in [0.15, 0.2) is 72.6 Å². The Balaban J connectivity index is 1.62. The first-order valence-electron chi connectivity index (χ1n) is 8.82. The predicted octanol–water partition coefficient (Wildman–Crippen LogP) is 4.20. The van der Waals surface area contributed by atoms with Crippen molar-refractivity contribution < 1.29 is 14.7 Å². The first-order chi connectivity index (χ1) is 13.5. The molecule has 140 valence electrons. The molecule has 0 saturated carbocycles. The highest BCUT2D eigenvalue weighted by atomic mass is 16.4. The highest BCUT2D eigenvalue weighted by molar-refractivity contribution is 5.96. The maximum atomic E-state index is 11.4. The van der Waals surface area contributed by atoms with Crippen molar-refractivity contribution in [2.75, 3.05) is 11.4 Å². The number of allylic oxidation sites excluding steroid dienone is 2. The van der Waals surface area contributed by atoms with Crippen LogP contribution in [0.2, 0.25) is 0 Å². The molecule has 0 amide bonds. The topological polar surface area (TPSA) is 70.5 Å². The number of carbonyl (C=O) groups excluding carboxylic acids is 1. The van der Waals surface area contributed by atoms with E-state index in [1.165, 1.54) is 0 Å². The van der Waals surface area contributed by atoms with Gasteiger partial charge in [0.15, 0.2) is 5.78 Å². The van der Waals surface area contributed by atoms with E-state index >= 15 is 0 Å². The molecule has 2 aromatic rings. The van der Waals surface area contributed by atoms with E-state index in [4.69, 9.17) is 5.11 Å². The second kappa shape index (κ2) is 8.77. The zero-order valence-corrected chi connectivity index (χ0v) is 15.4. The second-order valence-corrected chi connectivity index (χ2v) is 6.30. The molecule has 0 aliphatic carbocycles. The number of rotatable bonds is 6. The van der Waals surface area contributed by atoms with Crippen molar-refractivity contribution in [2.45, 2.75) is 6.92 Å². The first-order valence-corrected chi connectivity index (χ1v) is 8.82. The lowest BCUT2D eigenvalue weighted by molar-refractivity contribution is -0.131. The fourth-order valence-corrected chi connectivity index (χ4v) is 2.68. The first kappa shape index (κ1) is 19.0. The number of carboxylic acids is 1. The van der Waals surface area contributed by atoms with Crippen LogP contribution in [0.25, 0.3) is 18.2 Å². The summed E-state index contributed by atoms with van der Waals surface area (Å²) in [5.74, 6) is -0.894. The molecule has 28 heavy (non-hydrogen) atoms. The molecule has 3 rings (SSSR count). The van der Waals surface area contributed by atoms with Crippen LogP contribution in [0.3, 0.4) is 0 Å². The molecule has 1 aliphatic rings. The smallest absolute Gasteiger partial charge is 0.328 e. The summed E-state index contributed by atoms with van der Waals surface area (Å²) < 4.78 is 0. The van der Waals surface area contributed by atoms with Gasteiger partial charge in [0.1, 0.15) is 0 Å². The van der Waals surface area contributed by atoms with Crippen LogP contribution in [0.5, 0.6) is 0 Å². The summed E-state index contributed by atoms with van der Waals surface area (Å²) in [6.07, 6.45) is 14.0. The van der Waals surface area contributed by atoms with Gasteiger partial charge in [-0.3, -0.25) is 9.78 Å². The van der Waals surface area contributed by atoms with Gasteiger partial charge in [0.05, 0.1) is 17.6 Å². The van der Waals surface area contributed by atoms with E-state index in [9.17, 15) is 9.59 Å². The van der Waals surface area contributed by atoms with E-state index < -0.39 is 5.97 Å². The second-order valence-electron chi connectivity index (χ2n) is 6.30. The summed E-state index contributed by atoms with van der Waals surface area (Å²) in [6.45, 7) is 2.21. The fourth-order valence-electron chi connectivity index (χ4n) is 2.68. The Bertz CT molecular complexity index is 982. The number of carboxylic acid groups (broad SMARTS) is 1. The Morgan fingerprint density at radius 3 is 2.29 bits per heavy atom. The van der Waals surface area contributed by atoms with Gasteiger partial charge in [0.25, 0.3) is 0 Å². The van der Waals surface area contributed by atoms with Crippen LogP contribution in [0.4, 0.5) is 5.69 Å². The SMILES string of the molecule is CC(=O)C1=CCN(c2ccc(/C=C/c3ccc(/C=C/C(=O)O)cc3)nc2)C=C1. The Morgan fingerprint density at radius 1 is 1.04 bits per heavy atom. The number of anilines is 1. The summed E-state index contributed by atoms with van der Waals surface area (Å²) >= 11 is 0. The monoisotopic (exact) mass is 372 g/mol. The molecule has 0 unspecified atom stereocenters. The number of nitrogens with zero attached hydrogens (tertiary/aromatic N) is 2. The third-order valence-corrected chi connectivity index (χ3v) is 4.25. The van der Waals surface area contributed by atoms with E-state index in [-0.39, 0.29) is 5.78 Å². The number of carbonyl (C=O) groups is 2. The molecule has 5 nitrogen and oxygen atoms in total. The molecule has 0 spiro atoms. The Kier molecular flexibility index (Phi) is 5.97. The maximum absolute atomic E-state index is 11.4. The van der Waals surface area contributed by atoms with Crippen LogP contribution in [-0.2, 0) is 9.59 Å². The number of ketones is 1. The lowest BCUT2D eigenvalue weighted by atomic mass is 10.1. The molecule has 1 aromatic heterocycles. The molecule has 0 bridgehead atoms. The number of hydrogen-bond donors (Lipinski definition) is 1. The molecule has 0 radical (unpaired) electrons. The molecule has 5 heteroatoms. The van der Waals surface area contributed by atoms with E-state index in [1.54, 1.807) is 19.2 Å². The van der Waals surface area contributed by atoms with Gasteiger partial charge in [-0.05, 0) is 48.4 Å². The van der Waals surface area contributed by atoms with Gasteiger partial charge < -0.3 is 10.0 Å². The van der Waals surface area contributed by atoms with Gasteiger partial charge in [-0.15, -0.1) is 0 Å². The number of Topliss-reactive ketones (excluding diaryl/α,β-unsaturated/α-hetero) is 1. The molecule has 0 saturated heterocycles. The standard InChI is InChI=1S/C23H20N2O3/c1-17(26)20-12-14-25(15-13-20)22-10-9-21(24-16-22)8-6-18-2-4-19(5-3-18)7-11-23(27)28/h2-14,16H,15H2,1H3,(H,27,28)/b8-6+,11-7+. The molecule has 0 fully saturated rings. The van der Waals surface area contributed by atoms with E-state index in [0.717, 1.165) is 34.2 Å². The zero-order valence-electron chi connectivity index (χ0n) is 15.4. The number of aromatic nitrogens is 1. The number of aliphatic carboxylic acids is 1. The maximum Gasteiger partial charge on any atom is 0.328 e. The summed E-state index contributed by atoms with van der Waals surface area (Å²) in [5.41, 5.74) is 4.35. The Hall–Kier alpha value is -3.73. The minimum absolute atomic E-state index is 0.0699. The third kappa shape index (κ3) is 5.14. The van der Waals surface area contributed by atoms with Crippen LogP contribution in [0.1, 0.15) is 23.7 Å². The van der Waals surface area contributed by atoms with Gasteiger partial charge >= 0.3 is 5.97 Å². The van der Waals surface area contributed by atoms with Crippen LogP contribution in [0, 0.1) is 0 Å². The molecule has 1 aliphatic heterocycles. The van der Waals surface area contributed by atoms with Crippen molar-refractivity contribution in [3.63, 3.8) is 0 Å². The molecule has 2 heterocycles. The molecular weight excluding hydrogens is 352 g/mol. The lowest BCUT2D eigenvalue weighted by Crippen LogP contribution is -2.20. The summed E-state index contributed by atoms with van der Waals surface area (Å²) in [7, 11) is 0. The van der Waals surface area contributed by atoms with Crippen molar-refractivity contribution in [3.05, 3.63) is 89.4 Å². The van der Waals surface area contributed by atoms with Crippen LogP contribution >= 0.6 is 0 Å². The largest absolute Gasteiger partial charge is 0.478 e. The van der Waals surface area contributed by atoms with Crippen molar-refractivity contribution in [2.24, 2.45) is 0 Å². The minimum Gasteiger partial charge on any atom is -0.478 e.